The van der Waals surface area contributed by atoms with Crippen LogP contribution < -0.4 is 5.32 Å². The number of nitrogens with zero attached hydrogens (tertiary/aromatic N) is 3. The Bertz CT molecular complexity index is 1100. The van der Waals surface area contributed by atoms with Crippen LogP contribution in [0.1, 0.15) is 33.6 Å². The Morgan fingerprint density at radius 3 is 2.72 bits per heavy atom. The molecule has 0 aliphatic carbocycles. The number of benzene rings is 1. The normalized spacial score (nSPS) is 17.9. The summed E-state index contributed by atoms with van der Waals surface area (Å²) in [4.78, 5) is 12.4. The third-order valence-electron chi connectivity index (χ3n) is 4.56. The van der Waals surface area contributed by atoms with Crippen LogP contribution in [0.3, 0.4) is 0 Å². The standard InChI is InChI=1S/C18H17ClN4O3S3/c19-13-5-7-14(8-6-13)20-16(24)18-22-21-17(28-18)12-3-1-9-23(11-12)29(25,26)15-4-2-10-27-15/h2,4-8,10,12H,1,3,9,11H2,(H,20,24)/t12-/m1/s1. The van der Waals surface area contributed by atoms with E-state index in [1.165, 1.54) is 27.0 Å². The second kappa shape index (κ2) is 8.49. The highest BCUT2D eigenvalue weighted by Crippen LogP contribution is 2.33. The van der Waals surface area contributed by atoms with E-state index in [1.54, 1.807) is 41.8 Å². The zero-order valence-corrected chi connectivity index (χ0v) is 18.3. The number of amides is 1. The van der Waals surface area contributed by atoms with Gasteiger partial charge in [0, 0.05) is 29.7 Å². The van der Waals surface area contributed by atoms with Crippen molar-refractivity contribution in [3.63, 3.8) is 0 Å². The number of anilines is 1. The number of hydrogen-bond donors (Lipinski definition) is 1. The van der Waals surface area contributed by atoms with E-state index in [9.17, 15) is 13.2 Å². The molecular weight excluding hydrogens is 452 g/mol. The van der Waals surface area contributed by atoms with Gasteiger partial charge in [0.15, 0.2) is 0 Å². The largest absolute Gasteiger partial charge is 0.320 e. The van der Waals surface area contributed by atoms with E-state index < -0.39 is 10.0 Å². The lowest BCUT2D eigenvalue weighted by molar-refractivity contribution is 0.102. The van der Waals surface area contributed by atoms with E-state index in [0.717, 1.165) is 12.8 Å². The van der Waals surface area contributed by atoms with Gasteiger partial charge >= 0.3 is 0 Å². The molecule has 0 unspecified atom stereocenters. The second-order valence-electron chi connectivity index (χ2n) is 6.54. The molecule has 1 atom stereocenters. The van der Waals surface area contributed by atoms with Crippen LogP contribution >= 0.6 is 34.3 Å². The summed E-state index contributed by atoms with van der Waals surface area (Å²) in [6.07, 6.45) is 1.55. The maximum atomic E-state index is 12.8. The minimum Gasteiger partial charge on any atom is -0.320 e. The summed E-state index contributed by atoms with van der Waals surface area (Å²) in [6.45, 7) is 0.827. The van der Waals surface area contributed by atoms with Gasteiger partial charge in [0.05, 0.1) is 0 Å². The average molecular weight is 469 g/mol. The van der Waals surface area contributed by atoms with Crippen LogP contribution in [0.5, 0.6) is 0 Å². The van der Waals surface area contributed by atoms with Crippen molar-refractivity contribution < 1.29 is 13.2 Å². The van der Waals surface area contributed by atoms with Crippen molar-refractivity contribution in [3.05, 3.63) is 56.8 Å². The molecule has 0 spiro atoms. The number of thiophene rings is 1. The molecule has 152 valence electrons. The van der Waals surface area contributed by atoms with Crippen LogP contribution in [0.15, 0.2) is 46.0 Å². The quantitative estimate of drug-likeness (QED) is 0.609. The lowest BCUT2D eigenvalue weighted by Crippen LogP contribution is -2.38. The molecule has 4 rings (SSSR count). The zero-order valence-electron chi connectivity index (χ0n) is 15.1. The summed E-state index contributed by atoms with van der Waals surface area (Å²) >= 11 is 8.27. The third kappa shape index (κ3) is 4.51. The first-order valence-electron chi connectivity index (χ1n) is 8.87. The number of rotatable bonds is 5. The summed E-state index contributed by atoms with van der Waals surface area (Å²) < 4.78 is 27.4. The number of piperidine rings is 1. The number of aromatic nitrogens is 2. The van der Waals surface area contributed by atoms with Crippen LogP contribution in [-0.2, 0) is 10.0 Å². The molecule has 3 aromatic rings. The van der Waals surface area contributed by atoms with Crippen LogP contribution in [0.2, 0.25) is 5.02 Å². The lowest BCUT2D eigenvalue weighted by Gasteiger charge is -2.30. The minimum absolute atomic E-state index is 0.0759. The molecule has 29 heavy (non-hydrogen) atoms. The van der Waals surface area contributed by atoms with E-state index in [4.69, 9.17) is 11.6 Å². The van der Waals surface area contributed by atoms with Crippen molar-refractivity contribution in [3.8, 4) is 0 Å². The molecule has 1 aromatic carbocycles. The molecule has 3 heterocycles. The number of halogens is 1. The van der Waals surface area contributed by atoms with Gasteiger partial charge < -0.3 is 5.32 Å². The van der Waals surface area contributed by atoms with E-state index in [2.05, 4.69) is 15.5 Å². The van der Waals surface area contributed by atoms with Crippen LogP contribution in [0.25, 0.3) is 0 Å². The molecule has 1 N–H and O–H groups in total. The SMILES string of the molecule is O=C(Nc1ccc(Cl)cc1)c1nnc([C@@H]2CCCN(S(=O)(=O)c3cccs3)C2)s1. The Morgan fingerprint density at radius 1 is 1.21 bits per heavy atom. The van der Waals surface area contributed by atoms with Gasteiger partial charge in [-0.25, -0.2) is 8.42 Å². The Morgan fingerprint density at radius 2 is 2.00 bits per heavy atom. The smallest absolute Gasteiger partial charge is 0.286 e. The minimum atomic E-state index is -3.50. The fraction of sp³-hybridized carbons (Fsp3) is 0.278. The van der Waals surface area contributed by atoms with E-state index >= 15 is 0 Å². The van der Waals surface area contributed by atoms with Gasteiger partial charge in [-0.05, 0) is 48.6 Å². The Balaban J connectivity index is 1.46. The number of carbonyl (C=O) groups is 1. The highest BCUT2D eigenvalue weighted by atomic mass is 35.5. The van der Waals surface area contributed by atoms with Crippen molar-refractivity contribution in [2.75, 3.05) is 18.4 Å². The highest BCUT2D eigenvalue weighted by Gasteiger charge is 2.33. The first-order chi connectivity index (χ1) is 13.9. The third-order valence-corrected chi connectivity index (χ3v) is 9.13. The monoisotopic (exact) mass is 468 g/mol. The van der Waals surface area contributed by atoms with Crippen molar-refractivity contribution in [2.24, 2.45) is 0 Å². The summed E-state index contributed by atoms with van der Waals surface area (Å²) in [7, 11) is -3.50. The van der Waals surface area contributed by atoms with E-state index in [0.29, 0.717) is 33.0 Å². The van der Waals surface area contributed by atoms with E-state index in [-0.39, 0.29) is 16.8 Å². The first-order valence-corrected chi connectivity index (χ1v) is 12.4. The lowest BCUT2D eigenvalue weighted by atomic mass is 10.0. The molecule has 1 fully saturated rings. The zero-order chi connectivity index (χ0) is 20.4. The summed E-state index contributed by atoms with van der Waals surface area (Å²) in [6, 6.07) is 10.1. The molecule has 11 heteroatoms. The van der Waals surface area contributed by atoms with Crippen molar-refractivity contribution in [2.45, 2.75) is 23.0 Å². The average Bonchev–Trinajstić information content (AvgIpc) is 3.42. The fourth-order valence-corrected chi connectivity index (χ4v) is 6.77. The predicted octanol–water partition coefficient (Wildman–Crippen LogP) is 4.07. The molecule has 1 saturated heterocycles. The Hall–Kier alpha value is -1.85. The molecule has 0 bridgehead atoms. The van der Waals surface area contributed by atoms with Crippen molar-refractivity contribution in [1.29, 1.82) is 0 Å². The highest BCUT2D eigenvalue weighted by molar-refractivity contribution is 7.91. The van der Waals surface area contributed by atoms with Crippen LogP contribution in [-0.4, -0.2) is 41.9 Å². The van der Waals surface area contributed by atoms with Gasteiger partial charge in [-0.1, -0.05) is 29.0 Å². The van der Waals surface area contributed by atoms with Crippen LogP contribution in [0, 0.1) is 0 Å². The summed E-state index contributed by atoms with van der Waals surface area (Å²) in [5, 5.41) is 14.2. The van der Waals surface area contributed by atoms with Crippen molar-refractivity contribution in [1.82, 2.24) is 14.5 Å². The second-order valence-corrected chi connectivity index (χ2v) is 11.1. The molecule has 0 saturated carbocycles. The molecule has 1 aliphatic rings. The molecule has 1 amide bonds. The van der Waals surface area contributed by atoms with Gasteiger partial charge in [-0.3, -0.25) is 4.79 Å². The van der Waals surface area contributed by atoms with E-state index in [1.807, 2.05) is 0 Å². The number of nitrogens with one attached hydrogen (secondary N) is 1. The Kier molecular flexibility index (Phi) is 5.98. The molecule has 1 aliphatic heterocycles. The van der Waals surface area contributed by atoms with Gasteiger partial charge in [0.2, 0.25) is 5.01 Å². The predicted molar refractivity (Wildman–Crippen MR) is 114 cm³/mol. The maximum Gasteiger partial charge on any atom is 0.286 e. The van der Waals surface area contributed by atoms with Crippen molar-refractivity contribution >= 4 is 55.9 Å². The van der Waals surface area contributed by atoms with Gasteiger partial charge in [-0.2, -0.15) is 4.31 Å². The van der Waals surface area contributed by atoms with Gasteiger partial charge in [0.25, 0.3) is 15.9 Å². The first kappa shape index (κ1) is 20.4. The topological polar surface area (TPSA) is 92.3 Å². The van der Waals surface area contributed by atoms with Gasteiger partial charge in [-0.15, -0.1) is 21.5 Å². The molecular formula is C18H17ClN4O3S3. The number of hydrogen-bond acceptors (Lipinski definition) is 7. The molecule has 7 nitrogen and oxygen atoms in total. The van der Waals surface area contributed by atoms with Crippen LogP contribution in [0.4, 0.5) is 5.69 Å². The Labute approximate surface area is 181 Å². The number of carbonyl (C=O) groups excluding carboxylic acids is 1. The molecule has 2 aromatic heterocycles. The summed E-state index contributed by atoms with van der Waals surface area (Å²) in [5.41, 5.74) is 0.613. The fourth-order valence-electron chi connectivity index (χ4n) is 3.11. The van der Waals surface area contributed by atoms with Gasteiger partial charge in [0.1, 0.15) is 9.22 Å². The summed E-state index contributed by atoms with van der Waals surface area (Å²) in [5.74, 6) is -0.428. The number of sulfonamides is 1. The maximum absolute atomic E-state index is 12.8. The molecule has 0 radical (unpaired) electrons.